The van der Waals surface area contributed by atoms with Crippen LogP contribution >= 0.6 is 0 Å². The number of aromatic nitrogens is 2. The first-order chi connectivity index (χ1) is 14.5. The number of carbonyl (C=O) groups excluding carboxylic acids is 1. The van der Waals surface area contributed by atoms with Crippen molar-refractivity contribution in [3.8, 4) is 5.75 Å². The molecule has 0 radical (unpaired) electrons. The van der Waals surface area contributed by atoms with Crippen LogP contribution < -0.4 is 34.3 Å². The summed E-state index contributed by atoms with van der Waals surface area (Å²) >= 11 is 0. The third kappa shape index (κ3) is 6.20. The van der Waals surface area contributed by atoms with Gasteiger partial charge in [-0.2, -0.15) is 0 Å². The van der Waals surface area contributed by atoms with Crippen molar-refractivity contribution >= 4 is 16.9 Å². The summed E-state index contributed by atoms with van der Waals surface area (Å²) in [6.45, 7) is 4.72. The van der Waals surface area contributed by atoms with Gasteiger partial charge in [-0.1, -0.05) is 31.2 Å². The van der Waals surface area contributed by atoms with Crippen molar-refractivity contribution in [2.24, 2.45) is 0 Å². The number of hydrogen-bond donors (Lipinski definition) is 0. The number of nitrogens with zero attached hydrogens (tertiary/aromatic N) is 2. The molecule has 0 saturated carbocycles. The number of hydrogen-bond acceptors (Lipinski definition) is 6. The standard InChI is InChI=1S/C23H26N2O5.Li/c1-3-21-24-19-8-6-5-7-18(19)22(26)25(21)13-14-30-17-11-9-16(10-12-17)15-20(23(27)28)29-4-2;/h5-12,20H,3-4,13-15H2,1-2H3,(H,27,28);/q;+1/p-1/t20-;/m1./s1. The number of aliphatic carboxylic acids is 1. The van der Waals surface area contributed by atoms with Crippen LogP contribution in [0.15, 0.2) is 53.3 Å². The Balaban J connectivity index is 0.00000341. The first-order valence-corrected chi connectivity index (χ1v) is 10.1. The van der Waals surface area contributed by atoms with Crippen molar-refractivity contribution in [2.75, 3.05) is 13.2 Å². The molecule has 0 unspecified atom stereocenters. The van der Waals surface area contributed by atoms with E-state index in [1.54, 1.807) is 41.8 Å². The fraction of sp³-hybridized carbons (Fsp3) is 0.348. The second-order valence-corrected chi connectivity index (χ2v) is 6.82. The Bertz CT molecular complexity index is 1070. The molecule has 8 heteroatoms. The van der Waals surface area contributed by atoms with Crippen LogP contribution in [-0.4, -0.2) is 34.8 Å². The quantitative estimate of drug-likeness (QED) is 0.383. The van der Waals surface area contributed by atoms with E-state index >= 15 is 0 Å². The first kappa shape index (κ1) is 24.7. The van der Waals surface area contributed by atoms with Gasteiger partial charge >= 0.3 is 18.9 Å². The van der Waals surface area contributed by atoms with E-state index in [-0.39, 0.29) is 30.8 Å². The van der Waals surface area contributed by atoms with Crippen molar-refractivity contribution in [1.82, 2.24) is 9.55 Å². The second kappa shape index (κ2) is 11.7. The van der Waals surface area contributed by atoms with Gasteiger partial charge in [-0.15, -0.1) is 0 Å². The van der Waals surface area contributed by atoms with Crippen molar-refractivity contribution in [1.29, 1.82) is 0 Å². The molecule has 1 heterocycles. The number of para-hydroxylation sites is 1. The molecule has 0 fully saturated rings. The number of carboxylic acids is 1. The molecule has 0 aliphatic carbocycles. The maximum absolute atomic E-state index is 12.8. The van der Waals surface area contributed by atoms with Gasteiger partial charge in [-0.3, -0.25) is 9.36 Å². The monoisotopic (exact) mass is 416 g/mol. The minimum atomic E-state index is -1.22. The van der Waals surface area contributed by atoms with E-state index in [0.717, 1.165) is 11.4 Å². The van der Waals surface area contributed by atoms with E-state index in [2.05, 4.69) is 4.98 Å². The van der Waals surface area contributed by atoms with Crippen LogP contribution in [0, 0.1) is 0 Å². The third-order valence-electron chi connectivity index (χ3n) is 4.82. The average Bonchev–Trinajstić information content (AvgIpc) is 2.75. The maximum atomic E-state index is 12.8. The van der Waals surface area contributed by atoms with E-state index in [0.29, 0.717) is 42.8 Å². The van der Waals surface area contributed by atoms with Gasteiger partial charge < -0.3 is 19.4 Å². The number of rotatable bonds is 10. The topological polar surface area (TPSA) is 93.5 Å². The molecular weight excluding hydrogens is 391 g/mol. The normalized spacial score (nSPS) is 11.7. The second-order valence-electron chi connectivity index (χ2n) is 6.82. The molecule has 0 spiro atoms. The number of carboxylic acid groups (broad SMARTS) is 1. The molecule has 1 atom stereocenters. The van der Waals surface area contributed by atoms with Crippen molar-refractivity contribution in [2.45, 2.75) is 39.3 Å². The summed E-state index contributed by atoms with van der Waals surface area (Å²) in [5.74, 6) is 0.139. The van der Waals surface area contributed by atoms with Gasteiger partial charge in [0.15, 0.2) is 0 Å². The Labute approximate surface area is 193 Å². The molecule has 0 aliphatic heterocycles. The largest absolute Gasteiger partial charge is 1.00 e. The Morgan fingerprint density at radius 3 is 2.48 bits per heavy atom. The molecule has 2 aromatic carbocycles. The van der Waals surface area contributed by atoms with Crippen molar-refractivity contribution in [3.63, 3.8) is 0 Å². The molecule has 0 N–H and O–H groups in total. The third-order valence-corrected chi connectivity index (χ3v) is 4.82. The van der Waals surface area contributed by atoms with Gasteiger partial charge in [-0.25, -0.2) is 4.98 Å². The minimum absolute atomic E-state index is 0. The summed E-state index contributed by atoms with van der Waals surface area (Å²) in [6.07, 6.45) is -0.0932. The smallest absolute Gasteiger partial charge is 0.547 e. The van der Waals surface area contributed by atoms with Crippen molar-refractivity contribution in [3.05, 3.63) is 70.3 Å². The molecule has 158 valence electrons. The zero-order valence-electron chi connectivity index (χ0n) is 18.2. The summed E-state index contributed by atoms with van der Waals surface area (Å²) in [4.78, 5) is 28.5. The molecule has 3 rings (SSSR count). The van der Waals surface area contributed by atoms with Crippen LogP contribution in [0.5, 0.6) is 5.75 Å². The first-order valence-electron chi connectivity index (χ1n) is 10.1. The summed E-state index contributed by atoms with van der Waals surface area (Å²) < 4.78 is 12.6. The predicted molar refractivity (Wildman–Crippen MR) is 111 cm³/mol. The van der Waals surface area contributed by atoms with Gasteiger partial charge in [0.1, 0.15) is 24.3 Å². The van der Waals surface area contributed by atoms with Gasteiger partial charge in [0, 0.05) is 19.4 Å². The number of fused-ring (bicyclic) bond motifs is 1. The van der Waals surface area contributed by atoms with Gasteiger partial charge in [0.25, 0.3) is 5.56 Å². The molecule has 3 aromatic rings. The molecule has 0 aliphatic rings. The van der Waals surface area contributed by atoms with E-state index < -0.39 is 12.1 Å². The van der Waals surface area contributed by atoms with Crippen LogP contribution in [0.3, 0.4) is 0 Å². The summed E-state index contributed by atoms with van der Waals surface area (Å²) in [5, 5.41) is 11.7. The van der Waals surface area contributed by atoms with E-state index in [1.807, 2.05) is 25.1 Å². The summed E-state index contributed by atoms with van der Waals surface area (Å²) in [6, 6.07) is 14.5. The summed E-state index contributed by atoms with van der Waals surface area (Å²) in [5.41, 5.74) is 1.45. The zero-order valence-corrected chi connectivity index (χ0v) is 18.2. The molecule has 7 nitrogen and oxygen atoms in total. The van der Waals surface area contributed by atoms with E-state index in [4.69, 9.17) is 9.47 Å². The summed E-state index contributed by atoms with van der Waals surface area (Å²) in [7, 11) is 0. The van der Waals surface area contributed by atoms with Crippen LogP contribution in [0.4, 0.5) is 0 Å². The molecular formula is C23H25LiN2O5. The van der Waals surface area contributed by atoms with Crippen molar-refractivity contribution < 1.29 is 38.2 Å². The fourth-order valence-electron chi connectivity index (χ4n) is 3.32. The predicted octanol–water partition coefficient (Wildman–Crippen LogP) is -1.26. The van der Waals surface area contributed by atoms with Crippen LogP contribution in [0.2, 0.25) is 0 Å². The number of aryl methyl sites for hydroxylation is 1. The Kier molecular flexibility index (Phi) is 9.32. The number of carbonyl (C=O) groups is 1. The molecule has 0 bridgehead atoms. The Morgan fingerprint density at radius 2 is 1.84 bits per heavy atom. The molecule has 1 aromatic heterocycles. The van der Waals surface area contributed by atoms with Gasteiger partial charge in [0.05, 0.1) is 23.4 Å². The zero-order chi connectivity index (χ0) is 21.5. The van der Waals surface area contributed by atoms with Gasteiger partial charge in [0.2, 0.25) is 0 Å². The minimum Gasteiger partial charge on any atom is -0.547 e. The Hall–Kier alpha value is -2.59. The van der Waals surface area contributed by atoms with Gasteiger partial charge in [-0.05, 0) is 36.8 Å². The van der Waals surface area contributed by atoms with Crippen LogP contribution in [0.25, 0.3) is 10.9 Å². The molecule has 31 heavy (non-hydrogen) atoms. The van der Waals surface area contributed by atoms with E-state index in [1.165, 1.54) is 0 Å². The molecule has 0 saturated heterocycles. The SMILES string of the molecule is CCO[C@H](Cc1ccc(OCCn2c(CC)nc3ccccc3c2=O)cc1)C(=O)[O-].[Li+]. The molecule has 0 amide bonds. The fourth-order valence-corrected chi connectivity index (χ4v) is 3.32. The van der Waals surface area contributed by atoms with E-state index in [9.17, 15) is 14.7 Å². The van der Waals surface area contributed by atoms with Crippen LogP contribution in [0.1, 0.15) is 25.2 Å². The number of ether oxygens (including phenoxy) is 2. The Morgan fingerprint density at radius 1 is 1.13 bits per heavy atom. The average molecular weight is 416 g/mol. The maximum Gasteiger partial charge on any atom is 1.00 e. The number of benzene rings is 2. The van der Waals surface area contributed by atoms with Crippen LogP contribution in [-0.2, 0) is 28.9 Å².